The quantitative estimate of drug-likeness (QED) is 0.707. The Morgan fingerprint density at radius 3 is 2.64 bits per heavy atom. The Kier molecular flexibility index (Phi) is 4.34. The number of halogens is 1. The van der Waals surface area contributed by atoms with E-state index < -0.39 is 7.60 Å². The summed E-state index contributed by atoms with van der Waals surface area (Å²) in [5.41, 5.74) is 0. The maximum absolute atomic E-state index is 11.0. The first-order valence-electron chi connectivity index (χ1n) is 3.26. The van der Waals surface area contributed by atoms with Crippen molar-refractivity contribution in [2.45, 2.75) is 26.4 Å². The highest BCUT2D eigenvalue weighted by Gasteiger charge is 2.24. The molecule has 1 N–H and O–H groups in total. The van der Waals surface area contributed by atoms with E-state index in [0.29, 0.717) is 6.42 Å². The smallest absolute Gasteiger partial charge is 0.320 e. The standard InChI is InChI=1S/C6H12ClO3P/c1-4-5(2)10-11(8,9)6(3)7/h5H,3-4H2,1-2H3,(H,8,9). The molecular weight excluding hydrogens is 186 g/mol. The van der Waals surface area contributed by atoms with Crippen LogP contribution in [0.3, 0.4) is 0 Å². The summed E-state index contributed by atoms with van der Waals surface area (Å²) in [4.78, 5) is 9.00. The topological polar surface area (TPSA) is 46.5 Å². The Balaban J connectivity index is 4.13. The lowest BCUT2D eigenvalue weighted by Gasteiger charge is -2.14. The van der Waals surface area contributed by atoms with Crippen LogP contribution in [0, 0.1) is 0 Å². The first kappa shape index (κ1) is 11.2. The fourth-order valence-corrected chi connectivity index (χ4v) is 1.25. The maximum atomic E-state index is 11.0. The van der Waals surface area contributed by atoms with Crippen LogP contribution in [0.2, 0.25) is 0 Å². The third kappa shape index (κ3) is 3.92. The van der Waals surface area contributed by atoms with Crippen LogP contribution in [-0.2, 0) is 9.09 Å². The van der Waals surface area contributed by atoms with Gasteiger partial charge in [0.2, 0.25) is 0 Å². The van der Waals surface area contributed by atoms with Crippen molar-refractivity contribution in [3.63, 3.8) is 0 Å². The van der Waals surface area contributed by atoms with E-state index in [1.54, 1.807) is 6.92 Å². The Morgan fingerprint density at radius 2 is 2.36 bits per heavy atom. The predicted octanol–water partition coefficient (Wildman–Crippen LogP) is 2.70. The fraction of sp³-hybridized carbons (Fsp3) is 0.667. The highest BCUT2D eigenvalue weighted by molar-refractivity contribution is 7.60. The zero-order valence-corrected chi connectivity index (χ0v) is 8.23. The van der Waals surface area contributed by atoms with Crippen molar-refractivity contribution in [1.82, 2.24) is 0 Å². The van der Waals surface area contributed by atoms with Crippen LogP contribution >= 0.6 is 19.2 Å². The normalized spacial score (nSPS) is 18.9. The Hall–Kier alpha value is 0.180. The van der Waals surface area contributed by atoms with Gasteiger partial charge in [-0.15, -0.1) is 0 Å². The molecular formula is C6H12ClO3P. The molecule has 0 saturated carbocycles. The highest BCUT2D eigenvalue weighted by atomic mass is 35.5. The van der Waals surface area contributed by atoms with E-state index in [1.807, 2.05) is 6.92 Å². The molecule has 0 saturated heterocycles. The first-order chi connectivity index (χ1) is 4.90. The van der Waals surface area contributed by atoms with E-state index >= 15 is 0 Å². The molecule has 2 atom stereocenters. The zero-order chi connectivity index (χ0) is 9.07. The van der Waals surface area contributed by atoms with Gasteiger partial charge in [-0.05, 0) is 13.3 Å². The molecule has 0 aliphatic rings. The molecule has 2 unspecified atom stereocenters. The lowest BCUT2D eigenvalue weighted by atomic mass is 10.3. The Morgan fingerprint density at radius 1 is 1.91 bits per heavy atom. The van der Waals surface area contributed by atoms with Gasteiger partial charge in [0.25, 0.3) is 0 Å². The lowest BCUT2D eigenvalue weighted by Crippen LogP contribution is -2.03. The minimum atomic E-state index is -3.77. The monoisotopic (exact) mass is 198 g/mol. The number of rotatable bonds is 4. The van der Waals surface area contributed by atoms with Gasteiger partial charge in [0, 0.05) is 0 Å². The molecule has 0 amide bonds. The van der Waals surface area contributed by atoms with E-state index in [-0.39, 0.29) is 10.9 Å². The average Bonchev–Trinajstić information content (AvgIpc) is 1.86. The van der Waals surface area contributed by atoms with Crippen molar-refractivity contribution in [3.8, 4) is 0 Å². The molecule has 0 radical (unpaired) electrons. The van der Waals surface area contributed by atoms with Crippen LogP contribution in [-0.4, -0.2) is 11.0 Å². The largest absolute Gasteiger partial charge is 0.369 e. The molecule has 3 nitrogen and oxygen atoms in total. The van der Waals surface area contributed by atoms with E-state index in [9.17, 15) is 4.57 Å². The summed E-state index contributed by atoms with van der Waals surface area (Å²) in [6.07, 6.45) is 0.385. The van der Waals surface area contributed by atoms with Crippen LogP contribution in [0.25, 0.3) is 0 Å². The molecule has 0 aliphatic carbocycles. The molecule has 5 heteroatoms. The molecule has 66 valence electrons. The van der Waals surface area contributed by atoms with E-state index in [2.05, 4.69) is 6.58 Å². The van der Waals surface area contributed by atoms with E-state index in [1.165, 1.54) is 0 Å². The summed E-state index contributed by atoms with van der Waals surface area (Å²) < 4.78 is 15.4. The van der Waals surface area contributed by atoms with Gasteiger partial charge in [-0.3, -0.25) is 4.57 Å². The molecule has 11 heavy (non-hydrogen) atoms. The summed E-state index contributed by atoms with van der Waals surface area (Å²) in [5.74, 6) is 0. The second-order valence-electron chi connectivity index (χ2n) is 2.22. The Bertz CT molecular complexity index is 192. The molecule has 0 aromatic heterocycles. The number of hydrogen-bond donors (Lipinski definition) is 1. The molecule has 0 spiro atoms. The van der Waals surface area contributed by atoms with Gasteiger partial charge in [0.05, 0.1) is 6.10 Å². The zero-order valence-electron chi connectivity index (χ0n) is 6.58. The molecule has 0 aromatic carbocycles. The molecule has 0 bridgehead atoms. The SMILES string of the molecule is C=C(Cl)P(=O)(O)OC(C)CC. The molecule has 0 rings (SSSR count). The maximum Gasteiger partial charge on any atom is 0.369 e. The summed E-state index contributed by atoms with van der Waals surface area (Å²) >= 11 is 5.24. The van der Waals surface area contributed by atoms with Gasteiger partial charge in [-0.2, -0.15) is 0 Å². The van der Waals surface area contributed by atoms with Crippen molar-refractivity contribution in [3.05, 3.63) is 11.4 Å². The van der Waals surface area contributed by atoms with Crippen molar-refractivity contribution < 1.29 is 14.0 Å². The van der Waals surface area contributed by atoms with E-state index in [4.69, 9.17) is 21.0 Å². The van der Waals surface area contributed by atoms with Gasteiger partial charge >= 0.3 is 7.60 Å². The van der Waals surface area contributed by atoms with Crippen LogP contribution in [0.5, 0.6) is 0 Å². The highest BCUT2D eigenvalue weighted by Crippen LogP contribution is 2.52. The van der Waals surface area contributed by atoms with Gasteiger partial charge in [0.1, 0.15) is 4.77 Å². The van der Waals surface area contributed by atoms with Crippen LogP contribution < -0.4 is 0 Å². The fourth-order valence-electron chi connectivity index (χ4n) is 0.376. The van der Waals surface area contributed by atoms with Crippen LogP contribution in [0.4, 0.5) is 0 Å². The second-order valence-corrected chi connectivity index (χ2v) is 4.73. The van der Waals surface area contributed by atoms with Crippen molar-refractivity contribution >= 4 is 19.2 Å². The van der Waals surface area contributed by atoms with Crippen molar-refractivity contribution in [2.24, 2.45) is 0 Å². The average molecular weight is 199 g/mol. The van der Waals surface area contributed by atoms with Crippen molar-refractivity contribution in [1.29, 1.82) is 0 Å². The predicted molar refractivity (Wildman–Crippen MR) is 45.7 cm³/mol. The summed E-state index contributed by atoms with van der Waals surface area (Å²) in [7, 11) is -3.77. The Labute approximate surface area is 71.5 Å². The summed E-state index contributed by atoms with van der Waals surface area (Å²) in [6.45, 7) is 6.69. The number of hydrogen-bond acceptors (Lipinski definition) is 2. The summed E-state index contributed by atoms with van der Waals surface area (Å²) in [6, 6.07) is 0. The van der Waals surface area contributed by atoms with Gasteiger partial charge < -0.3 is 9.42 Å². The molecule has 0 heterocycles. The van der Waals surface area contributed by atoms with E-state index in [0.717, 1.165) is 0 Å². The van der Waals surface area contributed by atoms with Crippen LogP contribution in [0.15, 0.2) is 11.4 Å². The third-order valence-corrected chi connectivity index (χ3v) is 3.10. The van der Waals surface area contributed by atoms with Crippen molar-refractivity contribution in [2.75, 3.05) is 0 Å². The molecule has 0 aliphatic heterocycles. The summed E-state index contributed by atoms with van der Waals surface area (Å²) in [5, 5.41) is 0. The minimum Gasteiger partial charge on any atom is -0.320 e. The second kappa shape index (κ2) is 4.27. The third-order valence-electron chi connectivity index (χ3n) is 1.20. The van der Waals surface area contributed by atoms with Gasteiger partial charge in [0.15, 0.2) is 0 Å². The molecule has 0 fully saturated rings. The first-order valence-corrected chi connectivity index (χ1v) is 5.22. The molecule has 0 aromatic rings. The van der Waals surface area contributed by atoms with Gasteiger partial charge in [-0.1, -0.05) is 25.1 Å². The van der Waals surface area contributed by atoms with Gasteiger partial charge in [-0.25, -0.2) is 0 Å². The minimum absolute atomic E-state index is 0.277. The van der Waals surface area contributed by atoms with Crippen LogP contribution in [0.1, 0.15) is 20.3 Å². The lowest BCUT2D eigenvalue weighted by molar-refractivity contribution is 0.191.